The molecule has 7 heteroatoms. The first-order valence-corrected chi connectivity index (χ1v) is 10.2. The SMILES string of the molecule is CCOCCCCNC(=NC)N1CCN(C(C)C(=O)N2CCCC2)CC1. The highest BCUT2D eigenvalue weighted by molar-refractivity contribution is 5.82. The van der Waals surface area contributed by atoms with Crippen molar-refractivity contribution in [2.45, 2.75) is 45.6 Å². The largest absolute Gasteiger partial charge is 0.382 e. The maximum Gasteiger partial charge on any atom is 0.239 e. The molecule has 0 bridgehead atoms. The fourth-order valence-corrected chi connectivity index (χ4v) is 3.68. The maximum atomic E-state index is 12.6. The lowest BCUT2D eigenvalue weighted by Crippen LogP contribution is -2.57. The summed E-state index contributed by atoms with van der Waals surface area (Å²) in [5.41, 5.74) is 0. The van der Waals surface area contributed by atoms with Crippen LogP contribution < -0.4 is 5.32 Å². The molecule has 0 aromatic rings. The third kappa shape index (κ3) is 6.13. The molecule has 1 atom stereocenters. The lowest BCUT2D eigenvalue weighted by atomic mass is 10.2. The Morgan fingerprint density at radius 2 is 1.77 bits per heavy atom. The van der Waals surface area contributed by atoms with E-state index in [1.54, 1.807) is 0 Å². The van der Waals surface area contributed by atoms with E-state index in [1.165, 1.54) is 0 Å². The summed E-state index contributed by atoms with van der Waals surface area (Å²) in [6, 6.07) is -0.0104. The number of unbranched alkanes of at least 4 members (excludes halogenated alkanes) is 1. The summed E-state index contributed by atoms with van der Waals surface area (Å²) in [5.74, 6) is 1.27. The molecule has 2 saturated heterocycles. The smallest absolute Gasteiger partial charge is 0.239 e. The first-order valence-electron chi connectivity index (χ1n) is 10.2. The zero-order chi connectivity index (χ0) is 18.8. The third-order valence-electron chi connectivity index (χ3n) is 5.35. The van der Waals surface area contributed by atoms with E-state index in [4.69, 9.17) is 4.74 Å². The standard InChI is InChI=1S/C19H37N5O2/c1-4-26-16-8-5-9-21-19(20-3)24-14-12-22(13-15-24)17(2)18(25)23-10-6-7-11-23/h17H,4-16H2,1-3H3,(H,20,21). The highest BCUT2D eigenvalue weighted by Crippen LogP contribution is 2.14. The van der Waals surface area contributed by atoms with Crippen LogP contribution in [-0.4, -0.2) is 98.7 Å². The number of hydrogen-bond acceptors (Lipinski definition) is 4. The van der Waals surface area contributed by atoms with E-state index in [-0.39, 0.29) is 6.04 Å². The highest BCUT2D eigenvalue weighted by Gasteiger charge is 2.30. The Kier molecular flexibility index (Phi) is 9.18. The second-order valence-electron chi connectivity index (χ2n) is 7.11. The Hall–Kier alpha value is -1.34. The molecule has 0 spiro atoms. The minimum atomic E-state index is -0.0104. The molecular weight excluding hydrogens is 330 g/mol. The van der Waals surface area contributed by atoms with Crippen LogP contribution in [0.1, 0.15) is 39.5 Å². The van der Waals surface area contributed by atoms with E-state index >= 15 is 0 Å². The Morgan fingerprint density at radius 3 is 2.38 bits per heavy atom. The minimum absolute atomic E-state index is 0.0104. The molecule has 0 aromatic carbocycles. The van der Waals surface area contributed by atoms with Gasteiger partial charge in [-0.3, -0.25) is 14.7 Å². The molecule has 2 rings (SSSR count). The van der Waals surface area contributed by atoms with Crippen LogP contribution in [0.25, 0.3) is 0 Å². The second kappa shape index (κ2) is 11.4. The normalized spacial score (nSPS) is 20.5. The first kappa shape index (κ1) is 21.0. The Labute approximate surface area is 158 Å². The number of nitrogens with one attached hydrogen (secondary N) is 1. The minimum Gasteiger partial charge on any atom is -0.382 e. The van der Waals surface area contributed by atoms with Gasteiger partial charge in [-0.2, -0.15) is 0 Å². The van der Waals surface area contributed by atoms with Crippen molar-refractivity contribution >= 4 is 11.9 Å². The van der Waals surface area contributed by atoms with Crippen molar-refractivity contribution < 1.29 is 9.53 Å². The van der Waals surface area contributed by atoms with Crippen molar-refractivity contribution in [3.05, 3.63) is 0 Å². The van der Waals surface area contributed by atoms with Gasteiger partial charge < -0.3 is 19.9 Å². The second-order valence-corrected chi connectivity index (χ2v) is 7.11. The third-order valence-corrected chi connectivity index (χ3v) is 5.35. The van der Waals surface area contributed by atoms with Crippen molar-refractivity contribution in [2.24, 2.45) is 4.99 Å². The monoisotopic (exact) mass is 367 g/mol. The van der Waals surface area contributed by atoms with E-state index < -0.39 is 0 Å². The van der Waals surface area contributed by atoms with Crippen molar-refractivity contribution in [3.8, 4) is 0 Å². The van der Waals surface area contributed by atoms with Crippen LogP contribution in [0.4, 0.5) is 0 Å². The van der Waals surface area contributed by atoms with Crippen LogP contribution >= 0.6 is 0 Å². The van der Waals surface area contributed by atoms with Crippen LogP contribution in [0, 0.1) is 0 Å². The first-order chi connectivity index (χ1) is 12.7. The number of piperazine rings is 1. The van der Waals surface area contributed by atoms with Gasteiger partial charge >= 0.3 is 0 Å². The molecule has 150 valence electrons. The van der Waals surface area contributed by atoms with Gasteiger partial charge in [0.1, 0.15) is 0 Å². The summed E-state index contributed by atoms with van der Waals surface area (Å²) < 4.78 is 5.37. The van der Waals surface area contributed by atoms with Crippen LogP contribution in [-0.2, 0) is 9.53 Å². The molecule has 1 amide bonds. The number of likely N-dealkylation sites (tertiary alicyclic amines) is 1. The van der Waals surface area contributed by atoms with Gasteiger partial charge in [-0.1, -0.05) is 0 Å². The molecular formula is C19H37N5O2. The average molecular weight is 368 g/mol. The van der Waals surface area contributed by atoms with Crippen LogP contribution in [0.3, 0.4) is 0 Å². The molecule has 0 aromatic heterocycles. The number of hydrogen-bond donors (Lipinski definition) is 1. The molecule has 2 aliphatic rings. The van der Waals surface area contributed by atoms with Crippen LogP contribution in [0.5, 0.6) is 0 Å². The Balaban J connectivity index is 1.69. The topological polar surface area (TPSA) is 60.4 Å². The summed E-state index contributed by atoms with van der Waals surface area (Å²) >= 11 is 0. The van der Waals surface area contributed by atoms with Gasteiger partial charge in [0.15, 0.2) is 5.96 Å². The van der Waals surface area contributed by atoms with Crippen molar-refractivity contribution in [1.29, 1.82) is 0 Å². The summed E-state index contributed by atoms with van der Waals surface area (Å²) in [5, 5.41) is 3.45. The Morgan fingerprint density at radius 1 is 1.08 bits per heavy atom. The number of amides is 1. The fourth-order valence-electron chi connectivity index (χ4n) is 3.68. The number of aliphatic imine (C=N–C) groups is 1. The number of carbonyl (C=O) groups is 1. The van der Waals surface area contributed by atoms with Crippen molar-refractivity contribution in [1.82, 2.24) is 20.0 Å². The van der Waals surface area contributed by atoms with E-state index in [0.717, 1.165) is 90.7 Å². The molecule has 0 radical (unpaired) electrons. The quantitative estimate of drug-likeness (QED) is 0.394. The lowest BCUT2D eigenvalue weighted by molar-refractivity contribution is -0.135. The summed E-state index contributed by atoms with van der Waals surface area (Å²) in [6.45, 7) is 12.1. The molecule has 2 fully saturated rings. The molecule has 1 unspecified atom stereocenters. The molecule has 0 aliphatic carbocycles. The zero-order valence-corrected chi connectivity index (χ0v) is 16.9. The maximum absolute atomic E-state index is 12.6. The predicted octanol–water partition coefficient (Wildman–Crippen LogP) is 1.01. The highest BCUT2D eigenvalue weighted by atomic mass is 16.5. The van der Waals surface area contributed by atoms with Gasteiger partial charge in [-0.25, -0.2) is 0 Å². The van der Waals surface area contributed by atoms with Gasteiger partial charge in [0.2, 0.25) is 5.91 Å². The number of ether oxygens (including phenoxy) is 1. The number of carbonyl (C=O) groups excluding carboxylic acids is 1. The van der Waals surface area contributed by atoms with E-state index in [0.29, 0.717) is 5.91 Å². The molecule has 7 nitrogen and oxygen atoms in total. The van der Waals surface area contributed by atoms with E-state index in [1.807, 2.05) is 18.9 Å². The lowest BCUT2D eigenvalue weighted by Gasteiger charge is -2.39. The van der Waals surface area contributed by atoms with Crippen LogP contribution in [0.2, 0.25) is 0 Å². The molecule has 1 N–H and O–H groups in total. The van der Waals surface area contributed by atoms with Gasteiger partial charge in [0.25, 0.3) is 0 Å². The van der Waals surface area contributed by atoms with E-state index in [9.17, 15) is 4.79 Å². The fraction of sp³-hybridized carbons (Fsp3) is 0.895. The number of nitrogens with zero attached hydrogens (tertiary/aromatic N) is 4. The molecule has 0 saturated carbocycles. The molecule has 2 heterocycles. The van der Waals surface area contributed by atoms with Crippen LogP contribution in [0.15, 0.2) is 4.99 Å². The summed E-state index contributed by atoms with van der Waals surface area (Å²) in [6.07, 6.45) is 4.46. The Bertz CT molecular complexity index is 443. The van der Waals surface area contributed by atoms with E-state index in [2.05, 4.69) is 27.0 Å². The van der Waals surface area contributed by atoms with Gasteiger partial charge in [0.05, 0.1) is 6.04 Å². The zero-order valence-electron chi connectivity index (χ0n) is 16.9. The van der Waals surface area contributed by atoms with Gasteiger partial charge in [-0.05, 0) is 39.5 Å². The number of rotatable bonds is 8. The molecule has 2 aliphatic heterocycles. The predicted molar refractivity (Wildman–Crippen MR) is 106 cm³/mol. The summed E-state index contributed by atoms with van der Waals surface area (Å²) in [4.78, 5) is 23.6. The number of guanidine groups is 1. The van der Waals surface area contributed by atoms with Gasteiger partial charge in [-0.15, -0.1) is 0 Å². The summed E-state index contributed by atoms with van der Waals surface area (Å²) in [7, 11) is 1.84. The van der Waals surface area contributed by atoms with Crippen molar-refractivity contribution in [2.75, 3.05) is 66.1 Å². The van der Waals surface area contributed by atoms with Gasteiger partial charge in [0, 0.05) is 66.1 Å². The average Bonchev–Trinajstić information content (AvgIpc) is 3.21. The van der Waals surface area contributed by atoms with Crippen molar-refractivity contribution in [3.63, 3.8) is 0 Å². The molecule has 26 heavy (non-hydrogen) atoms.